The number of nitrogens with zero attached hydrogens (tertiary/aromatic N) is 2. The SMILES string of the molecule is CCN(CC)CCOc1c(C)cc(Cc2cc(C)c(OCCN(CC)CC)c(C)c2)cc1C. The van der Waals surface area contributed by atoms with Gasteiger partial charge in [0.2, 0.25) is 0 Å². The van der Waals surface area contributed by atoms with Crippen LogP contribution in [-0.2, 0) is 6.42 Å². The minimum Gasteiger partial charge on any atom is -0.492 e. The van der Waals surface area contributed by atoms with Crippen LogP contribution in [0.15, 0.2) is 24.3 Å². The molecule has 0 amide bonds. The molecule has 0 atom stereocenters. The monoisotopic (exact) mass is 454 g/mol. The van der Waals surface area contributed by atoms with Gasteiger partial charge >= 0.3 is 0 Å². The number of ether oxygens (including phenoxy) is 2. The van der Waals surface area contributed by atoms with Crippen molar-refractivity contribution in [3.8, 4) is 11.5 Å². The van der Waals surface area contributed by atoms with Gasteiger partial charge in [-0.25, -0.2) is 0 Å². The van der Waals surface area contributed by atoms with E-state index in [0.717, 1.165) is 70.4 Å². The number of hydrogen-bond acceptors (Lipinski definition) is 4. The lowest BCUT2D eigenvalue weighted by Gasteiger charge is -2.20. The molecule has 0 N–H and O–H groups in total. The second-order valence-corrected chi connectivity index (χ2v) is 9.04. The van der Waals surface area contributed by atoms with Gasteiger partial charge in [-0.3, -0.25) is 0 Å². The van der Waals surface area contributed by atoms with Crippen LogP contribution in [-0.4, -0.2) is 62.3 Å². The molecule has 4 nitrogen and oxygen atoms in total. The molecule has 0 saturated heterocycles. The molecule has 184 valence electrons. The van der Waals surface area contributed by atoms with E-state index in [1.807, 2.05) is 0 Å². The van der Waals surface area contributed by atoms with Crippen LogP contribution in [0.3, 0.4) is 0 Å². The van der Waals surface area contributed by atoms with E-state index in [2.05, 4.69) is 89.5 Å². The Bertz CT molecular complexity index is 752. The lowest BCUT2D eigenvalue weighted by atomic mass is 9.97. The third-order valence-corrected chi connectivity index (χ3v) is 6.55. The fourth-order valence-corrected chi connectivity index (χ4v) is 4.61. The van der Waals surface area contributed by atoms with Crippen LogP contribution in [0.4, 0.5) is 0 Å². The largest absolute Gasteiger partial charge is 0.492 e. The zero-order valence-corrected chi connectivity index (χ0v) is 22.4. The van der Waals surface area contributed by atoms with E-state index in [0.29, 0.717) is 0 Å². The predicted molar refractivity (Wildman–Crippen MR) is 141 cm³/mol. The first kappa shape index (κ1) is 27.2. The maximum absolute atomic E-state index is 6.17. The molecule has 4 heteroatoms. The molecule has 0 aliphatic rings. The maximum Gasteiger partial charge on any atom is 0.125 e. The third kappa shape index (κ3) is 8.04. The molecule has 2 aromatic carbocycles. The first-order valence-electron chi connectivity index (χ1n) is 12.7. The van der Waals surface area contributed by atoms with Crippen LogP contribution in [0.2, 0.25) is 0 Å². The second-order valence-electron chi connectivity index (χ2n) is 9.04. The molecule has 0 unspecified atom stereocenters. The van der Waals surface area contributed by atoms with Gasteiger partial charge in [-0.2, -0.15) is 0 Å². The minimum atomic E-state index is 0.733. The summed E-state index contributed by atoms with van der Waals surface area (Å²) in [5, 5.41) is 0. The standard InChI is InChI=1S/C29H46N2O2/c1-9-30(10-2)13-15-32-28-22(5)17-26(18-23(28)6)21-27-19-24(7)29(25(8)20-27)33-16-14-31(11-3)12-4/h17-20H,9-16,21H2,1-8H3. The zero-order valence-electron chi connectivity index (χ0n) is 22.4. The quantitative estimate of drug-likeness (QED) is 0.352. The summed E-state index contributed by atoms with van der Waals surface area (Å²) in [4.78, 5) is 4.78. The molecule has 2 aromatic rings. The van der Waals surface area contributed by atoms with Crippen molar-refractivity contribution >= 4 is 0 Å². The smallest absolute Gasteiger partial charge is 0.125 e. The average molecular weight is 455 g/mol. The molecule has 0 bridgehead atoms. The lowest BCUT2D eigenvalue weighted by molar-refractivity contribution is 0.221. The van der Waals surface area contributed by atoms with E-state index in [4.69, 9.17) is 9.47 Å². The van der Waals surface area contributed by atoms with E-state index in [9.17, 15) is 0 Å². The fraction of sp³-hybridized carbons (Fsp3) is 0.586. The normalized spacial score (nSPS) is 11.5. The molecule has 0 aromatic heterocycles. The fourth-order valence-electron chi connectivity index (χ4n) is 4.61. The molecular formula is C29H46N2O2. The van der Waals surface area contributed by atoms with Gasteiger partial charge in [0, 0.05) is 13.1 Å². The van der Waals surface area contributed by atoms with Gasteiger partial charge in [-0.15, -0.1) is 0 Å². The molecule has 0 heterocycles. The highest BCUT2D eigenvalue weighted by Crippen LogP contribution is 2.29. The van der Waals surface area contributed by atoms with E-state index >= 15 is 0 Å². The highest BCUT2D eigenvalue weighted by Gasteiger charge is 2.11. The van der Waals surface area contributed by atoms with E-state index in [1.165, 1.54) is 33.4 Å². The molecule has 0 saturated carbocycles. The van der Waals surface area contributed by atoms with Crippen LogP contribution >= 0.6 is 0 Å². The number of aryl methyl sites for hydroxylation is 4. The van der Waals surface area contributed by atoms with Crippen LogP contribution in [0.25, 0.3) is 0 Å². The number of hydrogen-bond donors (Lipinski definition) is 0. The van der Waals surface area contributed by atoms with Gasteiger partial charge in [0.05, 0.1) is 0 Å². The minimum absolute atomic E-state index is 0.733. The van der Waals surface area contributed by atoms with Crippen LogP contribution in [0.5, 0.6) is 11.5 Å². The summed E-state index contributed by atoms with van der Waals surface area (Å²) in [6.45, 7) is 25.1. The summed E-state index contributed by atoms with van der Waals surface area (Å²) >= 11 is 0. The summed E-state index contributed by atoms with van der Waals surface area (Å²) in [6.07, 6.45) is 0.919. The van der Waals surface area contributed by atoms with Gasteiger partial charge in [0.1, 0.15) is 24.7 Å². The van der Waals surface area contributed by atoms with Gasteiger partial charge in [0.25, 0.3) is 0 Å². The van der Waals surface area contributed by atoms with Crippen molar-refractivity contribution in [3.63, 3.8) is 0 Å². The lowest BCUT2D eigenvalue weighted by Crippen LogP contribution is -2.28. The summed E-state index contributed by atoms with van der Waals surface area (Å²) in [5.74, 6) is 2.07. The number of rotatable bonds is 14. The van der Waals surface area contributed by atoms with Crippen molar-refractivity contribution in [2.75, 3.05) is 52.5 Å². The van der Waals surface area contributed by atoms with Crippen LogP contribution < -0.4 is 9.47 Å². The first-order valence-corrected chi connectivity index (χ1v) is 12.7. The Hall–Kier alpha value is -2.04. The van der Waals surface area contributed by atoms with Gasteiger partial charge < -0.3 is 19.3 Å². The molecular weight excluding hydrogens is 408 g/mol. The number of likely N-dealkylation sites (N-methyl/N-ethyl adjacent to an activating group) is 2. The molecule has 0 aliphatic carbocycles. The Balaban J connectivity index is 2.05. The first-order chi connectivity index (χ1) is 15.8. The summed E-state index contributed by atoms with van der Waals surface area (Å²) in [7, 11) is 0. The van der Waals surface area contributed by atoms with E-state index < -0.39 is 0 Å². The van der Waals surface area contributed by atoms with E-state index in [-0.39, 0.29) is 0 Å². The molecule has 0 radical (unpaired) electrons. The predicted octanol–water partition coefficient (Wildman–Crippen LogP) is 5.95. The molecule has 0 fully saturated rings. The Kier molecular flexibility index (Phi) is 11.2. The van der Waals surface area contributed by atoms with Crippen molar-refractivity contribution in [2.45, 2.75) is 61.8 Å². The van der Waals surface area contributed by atoms with Crippen molar-refractivity contribution < 1.29 is 9.47 Å². The Labute approximate surface area is 202 Å². The second kappa shape index (κ2) is 13.6. The summed E-state index contributed by atoms with van der Waals surface area (Å²) in [5.41, 5.74) is 7.53. The molecule has 0 aliphatic heterocycles. The van der Waals surface area contributed by atoms with E-state index in [1.54, 1.807) is 0 Å². The van der Waals surface area contributed by atoms with Gasteiger partial charge in [-0.05, 0) is 93.7 Å². The highest BCUT2D eigenvalue weighted by molar-refractivity contribution is 5.47. The Morgan fingerprint density at radius 3 is 1.12 bits per heavy atom. The molecule has 2 rings (SSSR count). The third-order valence-electron chi connectivity index (χ3n) is 6.55. The van der Waals surface area contributed by atoms with Crippen LogP contribution in [0, 0.1) is 27.7 Å². The van der Waals surface area contributed by atoms with Gasteiger partial charge in [-0.1, -0.05) is 52.0 Å². The Morgan fingerprint density at radius 2 is 0.848 bits per heavy atom. The number of benzene rings is 2. The average Bonchev–Trinajstić information content (AvgIpc) is 2.77. The van der Waals surface area contributed by atoms with Gasteiger partial charge in [0.15, 0.2) is 0 Å². The summed E-state index contributed by atoms with van der Waals surface area (Å²) < 4.78 is 12.3. The van der Waals surface area contributed by atoms with Crippen molar-refractivity contribution in [2.24, 2.45) is 0 Å². The maximum atomic E-state index is 6.17. The highest BCUT2D eigenvalue weighted by atomic mass is 16.5. The van der Waals surface area contributed by atoms with Crippen LogP contribution in [0.1, 0.15) is 61.1 Å². The van der Waals surface area contributed by atoms with Crippen molar-refractivity contribution in [1.29, 1.82) is 0 Å². The Morgan fingerprint density at radius 1 is 0.545 bits per heavy atom. The molecule has 0 spiro atoms. The van der Waals surface area contributed by atoms with Crippen molar-refractivity contribution in [3.05, 3.63) is 57.6 Å². The topological polar surface area (TPSA) is 24.9 Å². The van der Waals surface area contributed by atoms with Crippen molar-refractivity contribution in [1.82, 2.24) is 9.80 Å². The summed E-state index contributed by atoms with van der Waals surface area (Å²) in [6, 6.07) is 9.11. The zero-order chi connectivity index (χ0) is 24.4. The molecule has 33 heavy (non-hydrogen) atoms.